The number of methoxy groups -OCH3 is 1. The molecule has 0 saturated carbocycles. The van der Waals surface area contributed by atoms with E-state index < -0.39 is 10.9 Å². The molecule has 1 rings (SSSR count). The van der Waals surface area contributed by atoms with Crippen LogP contribution in [0.25, 0.3) is 0 Å². The van der Waals surface area contributed by atoms with Crippen LogP contribution in [0, 0.1) is 10.1 Å². The highest BCUT2D eigenvalue weighted by molar-refractivity contribution is 5.88. The molecule has 0 fully saturated rings. The fraction of sp³-hybridized carbons (Fsp3) is 0.385. The molecule has 114 valence electrons. The molecular formula is C13H17N3O5. The largest absolute Gasteiger partial charge is 0.464 e. The number of hydrogen-bond donors (Lipinski definition) is 1. The van der Waals surface area contributed by atoms with Crippen molar-refractivity contribution in [3.63, 3.8) is 0 Å². The van der Waals surface area contributed by atoms with Gasteiger partial charge in [0.25, 0.3) is 0 Å². The third-order valence-electron chi connectivity index (χ3n) is 2.47. The van der Waals surface area contributed by atoms with Crippen LogP contribution in [0.15, 0.2) is 24.8 Å². The summed E-state index contributed by atoms with van der Waals surface area (Å²) in [5.74, 6) is -0.648. The first-order valence-corrected chi connectivity index (χ1v) is 6.26. The van der Waals surface area contributed by atoms with Crippen molar-refractivity contribution in [2.45, 2.75) is 6.42 Å². The molecule has 0 amide bonds. The Morgan fingerprint density at radius 1 is 1.52 bits per heavy atom. The summed E-state index contributed by atoms with van der Waals surface area (Å²) in [4.78, 5) is 25.6. The molecule has 0 saturated heterocycles. The first-order chi connectivity index (χ1) is 10.1. The van der Waals surface area contributed by atoms with E-state index in [1.165, 1.54) is 19.2 Å². The Hall–Kier alpha value is -2.48. The maximum atomic E-state index is 11.4. The second-order valence-corrected chi connectivity index (χ2v) is 3.93. The van der Waals surface area contributed by atoms with Crippen LogP contribution in [0.1, 0.15) is 16.9 Å². The van der Waals surface area contributed by atoms with Gasteiger partial charge < -0.3 is 14.8 Å². The molecule has 8 nitrogen and oxygen atoms in total. The second-order valence-electron chi connectivity index (χ2n) is 3.93. The molecule has 0 unspecified atom stereocenters. The van der Waals surface area contributed by atoms with Crippen molar-refractivity contribution in [3.8, 4) is 0 Å². The minimum Gasteiger partial charge on any atom is -0.464 e. The lowest BCUT2D eigenvalue weighted by molar-refractivity contribution is -0.384. The maximum Gasteiger partial charge on any atom is 0.356 e. The normalized spacial score (nSPS) is 9.95. The highest BCUT2D eigenvalue weighted by Gasteiger charge is 2.18. The standard InChI is InChI=1S/C13H17N3O5/c1-3-4-8-21-9-7-14-12-11(16(18)19)6-5-10(15-12)13(17)20-2/h3,5-6H,1,4,7-9H2,2H3,(H,14,15). The number of nitrogens with one attached hydrogen (secondary N) is 1. The van der Waals surface area contributed by atoms with E-state index in [9.17, 15) is 14.9 Å². The number of nitro groups is 1. The van der Waals surface area contributed by atoms with Gasteiger partial charge in [0.15, 0.2) is 5.69 Å². The van der Waals surface area contributed by atoms with Gasteiger partial charge in [-0.2, -0.15) is 0 Å². The molecule has 0 spiro atoms. The Kier molecular flexibility index (Phi) is 6.82. The van der Waals surface area contributed by atoms with E-state index in [0.29, 0.717) is 19.8 Å². The van der Waals surface area contributed by atoms with Gasteiger partial charge in [-0.25, -0.2) is 9.78 Å². The minimum absolute atomic E-state index is 0.00169. The summed E-state index contributed by atoms with van der Waals surface area (Å²) in [5.41, 5.74) is -0.216. The number of nitrogens with zero attached hydrogens (tertiary/aromatic N) is 2. The third-order valence-corrected chi connectivity index (χ3v) is 2.47. The number of ether oxygens (including phenoxy) is 2. The molecule has 0 bridgehead atoms. The van der Waals surface area contributed by atoms with Gasteiger partial charge in [0.1, 0.15) is 0 Å². The maximum absolute atomic E-state index is 11.4. The van der Waals surface area contributed by atoms with Crippen LogP contribution in [-0.2, 0) is 9.47 Å². The number of pyridine rings is 1. The second kappa shape index (κ2) is 8.64. The van der Waals surface area contributed by atoms with Gasteiger partial charge >= 0.3 is 11.7 Å². The quantitative estimate of drug-likeness (QED) is 0.243. The third kappa shape index (κ3) is 5.19. The van der Waals surface area contributed by atoms with Gasteiger partial charge in [0.2, 0.25) is 5.82 Å². The van der Waals surface area contributed by atoms with Crippen molar-refractivity contribution in [2.24, 2.45) is 0 Å². The first-order valence-electron chi connectivity index (χ1n) is 6.26. The van der Waals surface area contributed by atoms with Gasteiger partial charge in [-0.1, -0.05) is 6.08 Å². The van der Waals surface area contributed by atoms with E-state index in [2.05, 4.69) is 21.6 Å². The summed E-state index contributed by atoms with van der Waals surface area (Å²) < 4.78 is 9.80. The summed E-state index contributed by atoms with van der Waals surface area (Å²) in [6, 6.07) is 2.45. The van der Waals surface area contributed by atoms with Crippen molar-refractivity contribution >= 4 is 17.5 Å². The molecule has 1 heterocycles. The molecule has 1 N–H and O–H groups in total. The SMILES string of the molecule is C=CCCOCCNc1nc(C(=O)OC)ccc1[N+](=O)[O-]. The summed E-state index contributed by atoms with van der Waals surface area (Å²) in [6.45, 7) is 4.78. The van der Waals surface area contributed by atoms with Crippen molar-refractivity contribution < 1.29 is 19.2 Å². The molecule has 0 aromatic carbocycles. The molecule has 1 aromatic heterocycles. The molecule has 8 heteroatoms. The number of carbonyl (C=O) groups excluding carboxylic acids is 1. The Labute approximate surface area is 121 Å². The molecular weight excluding hydrogens is 278 g/mol. The zero-order valence-corrected chi connectivity index (χ0v) is 11.7. The number of carbonyl (C=O) groups is 1. The first kappa shape index (κ1) is 16.6. The Balaban J connectivity index is 2.70. The number of anilines is 1. The minimum atomic E-state index is -0.657. The van der Waals surface area contributed by atoms with Gasteiger partial charge in [0.05, 0.1) is 25.2 Å². The fourth-order valence-electron chi connectivity index (χ4n) is 1.46. The van der Waals surface area contributed by atoms with Crippen LogP contribution in [0.5, 0.6) is 0 Å². The fourth-order valence-corrected chi connectivity index (χ4v) is 1.46. The van der Waals surface area contributed by atoms with E-state index in [1.54, 1.807) is 6.08 Å². The van der Waals surface area contributed by atoms with Crippen molar-refractivity contribution in [3.05, 3.63) is 40.6 Å². The van der Waals surface area contributed by atoms with Crippen molar-refractivity contribution in [2.75, 3.05) is 32.2 Å². The molecule has 0 aliphatic heterocycles. The lowest BCUT2D eigenvalue weighted by Gasteiger charge is -2.08. The molecule has 0 radical (unpaired) electrons. The van der Waals surface area contributed by atoms with E-state index in [1.807, 2.05) is 0 Å². The Bertz CT molecular complexity index is 519. The van der Waals surface area contributed by atoms with Gasteiger partial charge in [-0.05, 0) is 12.5 Å². The lowest BCUT2D eigenvalue weighted by Crippen LogP contribution is -2.14. The Morgan fingerprint density at radius 3 is 2.90 bits per heavy atom. The van der Waals surface area contributed by atoms with Gasteiger partial charge in [0, 0.05) is 12.6 Å². The summed E-state index contributed by atoms with van der Waals surface area (Å²) in [5, 5.41) is 13.7. The van der Waals surface area contributed by atoms with E-state index in [0.717, 1.165) is 6.42 Å². The zero-order valence-electron chi connectivity index (χ0n) is 11.7. The highest BCUT2D eigenvalue weighted by atomic mass is 16.6. The molecule has 0 aliphatic carbocycles. The summed E-state index contributed by atoms with van der Waals surface area (Å²) in [6.07, 6.45) is 2.47. The van der Waals surface area contributed by atoms with Crippen LogP contribution in [-0.4, -0.2) is 42.7 Å². The van der Waals surface area contributed by atoms with E-state index in [4.69, 9.17) is 4.74 Å². The molecule has 0 aliphatic rings. The number of rotatable bonds is 9. The average molecular weight is 295 g/mol. The highest BCUT2D eigenvalue weighted by Crippen LogP contribution is 2.22. The van der Waals surface area contributed by atoms with Crippen LogP contribution in [0.4, 0.5) is 11.5 Å². The molecule has 1 aromatic rings. The number of esters is 1. The molecule has 0 atom stereocenters. The van der Waals surface area contributed by atoms with Crippen LogP contribution < -0.4 is 5.32 Å². The number of aromatic nitrogens is 1. The zero-order chi connectivity index (χ0) is 15.7. The van der Waals surface area contributed by atoms with Crippen molar-refractivity contribution in [1.29, 1.82) is 0 Å². The number of hydrogen-bond acceptors (Lipinski definition) is 7. The van der Waals surface area contributed by atoms with E-state index in [-0.39, 0.29) is 17.2 Å². The predicted molar refractivity (Wildman–Crippen MR) is 76.4 cm³/mol. The smallest absolute Gasteiger partial charge is 0.356 e. The predicted octanol–water partition coefficient (Wildman–Crippen LogP) is 1.78. The lowest BCUT2D eigenvalue weighted by atomic mass is 10.3. The van der Waals surface area contributed by atoms with Gasteiger partial charge in [-0.3, -0.25) is 10.1 Å². The Morgan fingerprint density at radius 2 is 2.29 bits per heavy atom. The molecule has 21 heavy (non-hydrogen) atoms. The van der Waals surface area contributed by atoms with Gasteiger partial charge in [-0.15, -0.1) is 6.58 Å². The summed E-state index contributed by atoms with van der Waals surface area (Å²) in [7, 11) is 1.21. The van der Waals surface area contributed by atoms with Crippen LogP contribution in [0.3, 0.4) is 0 Å². The van der Waals surface area contributed by atoms with Crippen molar-refractivity contribution in [1.82, 2.24) is 4.98 Å². The topological polar surface area (TPSA) is 104 Å². The van der Waals surface area contributed by atoms with E-state index >= 15 is 0 Å². The van der Waals surface area contributed by atoms with Crippen LogP contribution >= 0.6 is 0 Å². The van der Waals surface area contributed by atoms with Crippen LogP contribution in [0.2, 0.25) is 0 Å². The monoisotopic (exact) mass is 295 g/mol. The summed E-state index contributed by atoms with van der Waals surface area (Å²) >= 11 is 0. The average Bonchev–Trinajstić information content (AvgIpc) is 2.49.